The van der Waals surface area contributed by atoms with Crippen LogP contribution in [0.3, 0.4) is 0 Å². The molecule has 0 aliphatic rings. The zero-order valence-corrected chi connectivity index (χ0v) is 19.0. The number of rotatable bonds is 8. The number of aliphatic imine (C=N–C) groups is 1. The smallest absolute Gasteiger partial charge is 0.148 e. The van der Waals surface area contributed by atoms with E-state index in [4.69, 9.17) is 9.47 Å². The first-order valence-electron chi connectivity index (χ1n) is 10.3. The van der Waals surface area contributed by atoms with Gasteiger partial charge in [-0.05, 0) is 36.7 Å². The van der Waals surface area contributed by atoms with Gasteiger partial charge in [0.15, 0.2) is 0 Å². The molecule has 0 saturated heterocycles. The average molecular weight is 440 g/mol. The van der Waals surface area contributed by atoms with Crippen LogP contribution < -0.4 is 30.7 Å². The van der Waals surface area contributed by atoms with Gasteiger partial charge in [-0.3, -0.25) is 0 Å². The Morgan fingerprint density at radius 3 is 1.97 bits per heavy atom. The summed E-state index contributed by atoms with van der Waals surface area (Å²) in [6.45, 7) is 0. The second-order valence-corrected chi connectivity index (χ2v) is 9.15. The second-order valence-electron chi connectivity index (χ2n) is 6.96. The first kappa shape index (κ1) is 21.6. The minimum Gasteiger partial charge on any atom is -0.497 e. The highest BCUT2D eigenvalue weighted by Crippen LogP contribution is 2.35. The van der Waals surface area contributed by atoms with Gasteiger partial charge in [-0.15, -0.1) is 0 Å². The lowest BCUT2D eigenvalue weighted by atomic mass is 10.3. The van der Waals surface area contributed by atoms with E-state index in [1.54, 1.807) is 20.6 Å². The van der Waals surface area contributed by atoms with E-state index < -0.39 is 7.92 Å². The zero-order chi connectivity index (χ0) is 22.2. The molecule has 5 heteroatoms. The molecule has 0 bridgehead atoms. The number of para-hydroxylation sites is 1. The van der Waals surface area contributed by atoms with E-state index in [0.717, 1.165) is 17.1 Å². The molecule has 0 spiro atoms. The van der Waals surface area contributed by atoms with Gasteiger partial charge in [0.05, 0.1) is 20.6 Å². The molecule has 1 N–H and O–H groups in total. The van der Waals surface area contributed by atoms with Crippen LogP contribution in [0.1, 0.15) is 0 Å². The molecule has 4 nitrogen and oxygen atoms in total. The Bertz CT molecular complexity index is 1140. The Kier molecular flexibility index (Phi) is 7.16. The number of anilines is 1. The highest BCUT2D eigenvalue weighted by atomic mass is 31.1. The summed E-state index contributed by atoms with van der Waals surface area (Å²) in [7, 11) is 2.54. The number of methoxy groups -OCH3 is 2. The molecular formula is C27H25N2O2P. The Labute approximate surface area is 190 Å². The minimum atomic E-state index is -0.719. The van der Waals surface area contributed by atoms with Gasteiger partial charge in [0.1, 0.15) is 17.2 Å². The predicted molar refractivity (Wildman–Crippen MR) is 136 cm³/mol. The normalized spacial score (nSPS) is 11.0. The minimum absolute atomic E-state index is 0.659. The number of ether oxygens (including phenoxy) is 2. The van der Waals surface area contributed by atoms with Gasteiger partial charge in [-0.2, -0.15) is 0 Å². The Morgan fingerprint density at radius 1 is 0.719 bits per heavy atom. The van der Waals surface area contributed by atoms with E-state index in [2.05, 4.69) is 89.2 Å². The highest BCUT2D eigenvalue weighted by molar-refractivity contribution is 7.80. The van der Waals surface area contributed by atoms with Crippen LogP contribution in [-0.4, -0.2) is 20.6 Å². The van der Waals surface area contributed by atoms with Gasteiger partial charge >= 0.3 is 0 Å². The Balaban J connectivity index is 1.67. The summed E-state index contributed by atoms with van der Waals surface area (Å²) in [5, 5.41) is 7.25. The maximum atomic E-state index is 5.45. The lowest BCUT2D eigenvalue weighted by Crippen LogP contribution is -2.22. The highest BCUT2D eigenvalue weighted by Gasteiger charge is 2.18. The maximum Gasteiger partial charge on any atom is 0.148 e. The van der Waals surface area contributed by atoms with E-state index in [-0.39, 0.29) is 0 Å². The van der Waals surface area contributed by atoms with Crippen molar-refractivity contribution in [2.24, 2.45) is 4.99 Å². The van der Waals surface area contributed by atoms with Crippen molar-refractivity contribution in [2.45, 2.75) is 0 Å². The van der Waals surface area contributed by atoms with Crippen molar-refractivity contribution in [3.63, 3.8) is 0 Å². The Hall–Kier alpha value is -3.62. The third-order valence-electron chi connectivity index (χ3n) is 4.98. The van der Waals surface area contributed by atoms with E-state index in [1.807, 2.05) is 24.3 Å². The molecule has 0 saturated carbocycles. The monoisotopic (exact) mass is 440 g/mol. The van der Waals surface area contributed by atoms with E-state index in [1.165, 1.54) is 15.9 Å². The van der Waals surface area contributed by atoms with Crippen molar-refractivity contribution < 1.29 is 9.47 Å². The predicted octanol–water partition coefficient (Wildman–Crippen LogP) is 5.23. The maximum absolute atomic E-state index is 5.45. The van der Waals surface area contributed by atoms with Crippen molar-refractivity contribution in [2.75, 3.05) is 19.5 Å². The molecule has 4 aromatic rings. The molecule has 0 amide bonds. The van der Waals surface area contributed by atoms with Crippen LogP contribution in [0.25, 0.3) is 0 Å². The van der Waals surface area contributed by atoms with Crippen LogP contribution in [-0.2, 0) is 0 Å². The fourth-order valence-corrected chi connectivity index (χ4v) is 5.85. The summed E-state index contributed by atoms with van der Waals surface area (Å²) in [5.41, 5.74) is 1.76. The van der Waals surface area contributed by atoms with E-state index in [0.29, 0.717) is 5.75 Å². The summed E-state index contributed by atoms with van der Waals surface area (Å²) >= 11 is 0. The van der Waals surface area contributed by atoms with Crippen molar-refractivity contribution in [1.29, 1.82) is 0 Å². The van der Waals surface area contributed by atoms with Crippen molar-refractivity contribution >= 4 is 41.5 Å². The van der Waals surface area contributed by atoms with Crippen LogP contribution in [0.2, 0.25) is 0 Å². The van der Waals surface area contributed by atoms with Gasteiger partial charge in [-0.1, -0.05) is 78.9 Å². The summed E-state index contributed by atoms with van der Waals surface area (Å²) < 4.78 is 10.7. The van der Waals surface area contributed by atoms with Gasteiger partial charge in [0.25, 0.3) is 0 Å². The van der Waals surface area contributed by atoms with Crippen LogP contribution in [0.5, 0.6) is 11.5 Å². The molecule has 32 heavy (non-hydrogen) atoms. The van der Waals surface area contributed by atoms with Crippen LogP contribution in [0.15, 0.2) is 108 Å². The molecule has 0 radical (unpaired) electrons. The summed E-state index contributed by atoms with van der Waals surface area (Å²) in [4.78, 5) is 4.58. The molecule has 0 aliphatic carbocycles. The SMILES string of the molecule is COc1ccc(N=CNc2ccccc2P(c2ccccc2)c2ccccc2)c(OC)c1. The average Bonchev–Trinajstić information content (AvgIpc) is 2.86. The summed E-state index contributed by atoms with van der Waals surface area (Å²) in [5.74, 6) is 1.39. The molecule has 0 fully saturated rings. The fraction of sp³-hybridized carbons (Fsp3) is 0.0741. The van der Waals surface area contributed by atoms with Gasteiger partial charge < -0.3 is 14.8 Å². The molecule has 4 rings (SSSR count). The van der Waals surface area contributed by atoms with Crippen LogP contribution in [0.4, 0.5) is 11.4 Å². The number of hydrogen-bond acceptors (Lipinski definition) is 3. The lowest BCUT2D eigenvalue weighted by Gasteiger charge is -2.22. The first-order chi connectivity index (χ1) is 15.8. The van der Waals surface area contributed by atoms with Crippen LogP contribution in [0, 0.1) is 0 Å². The molecule has 0 aromatic heterocycles. The van der Waals surface area contributed by atoms with Gasteiger partial charge in [0, 0.05) is 17.1 Å². The van der Waals surface area contributed by atoms with Crippen molar-refractivity contribution in [3.8, 4) is 11.5 Å². The second kappa shape index (κ2) is 10.6. The molecule has 0 heterocycles. The number of nitrogens with one attached hydrogen (secondary N) is 1. The standard InChI is InChI=1S/C27H25N2O2P/c1-30-21-17-18-24(26(19-21)31-2)28-20-29-25-15-9-10-16-27(25)32(22-11-5-3-6-12-22)23-13-7-4-8-14-23/h3-20H,1-2H3,(H,28,29). The topological polar surface area (TPSA) is 42.8 Å². The molecule has 160 valence electrons. The third kappa shape index (κ3) is 4.99. The molecule has 0 aliphatic heterocycles. The number of hydrogen-bond donors (Lipinski definition) is 1. The first-order valence-corrected chi connectivity index (χ1v) is 11.6. The fourth-order valence-electron chi connectivity index (χ4n) is 3.43. The molecular weight excluding hydrogens is 415 g/mol. The summed E-state index contributed by atoms with van der Waals surface area (Å²) in [6, 6.07) is 35.3. The zero-order valence-electron chi connectivity index (χ0n) is 18.1. The molecule has 4 aromatic carbocycles. The van der Waals surface area contributed by atoms with E-state index in [9.17, 15) is 0 Å². The van der Waals surface area contributed by atoms with Crippen molar-refractivity contribution in [1.82, 2.24) is 0 Å². The van der Waals surface area contributed by atoms with Gasteiger partial charge in [0.2, 0.25) is 0 Å². The largest absolute Gasteiger partial charge is 0.497 e. The number of nitrogens with zero attached hydrogens (tertiary/aromatic N) is 1. The van der Waals surface area contributed by atoms with Crippen molar-refractivity contribution in [3.05, 3.63) is 103 Å². The Morgan fingerprint density at radius 2 is 1.34 bits per heavy atom. The summed E-state index contributed by atoms with van der Waals surface area (Å²) in [6.07, 6.45) is 1.71. The molecule has 0 atom stereocenters. The van der Waals surface area contributed by atoms with Gasteiger partial charge in [-0.25, -0.2) is 4.99 Å². The number of benzene rings is 4. The lowest BCUT2D eigenvalue weighted by molar-refractivity contribution is 0.395. The molecule has 0 unspecified atom stereocenters. The quantitative estimate of drug-likeness (QED) is 0.232. The van der Waals surface area contributed by atoms with Crippen LogP contribution >= 0.6 is 7.92 Å². The third-order valence-corrected chi connectivity index (χ3v) is 7.49. The van der Waals surface area contributed by atoms with E-state index >= 15 is 0 Å².